The molecule has 0 amide bonds. The molecule has 1 saturated heterocycles. The SMILES string of the molecule is CC(C)(C)OC=O.Clc1c[nH]c2ncnc(N3CCNCC3)c12. The van der Waals surface area contributed by atoms with Gasteiger partial charge in [0.05, 0.1) is 10.4 Å². The molecular weight excluding hydrogens is 318 g/mol. The van der Waals surface area contributed by atoms with Crippen molar-refractivity contribution in [3.8, 4) is 0 Å². The minimum absolute atomic E-state index is 0.318. The van der Waals surface area contributed by atoms with Crippen molar-refractivity contribution in [2.45, 2.75) is 26.4 Å². The average molecular weight is 340 g/mol. The largest absolute Gasteiger partial charge is 0.462 e. The van der Waals surface area contributed by atoms with E-state index >= 15 is 0 Å². The number of nitrogens with one attached hydrogen (secondary N) is 2. The summed E-state index contributed by atoms with van der Waals surface area (Å²) >= 11 is 6.14. The third-order valence-corrected chi connectivity index (χ3v) is 3.52. The van der Waals surface area contributed by atoms with E-state index in [1.807, 2.05) is 20.8 Å². The second-order valence-corrected chi connectivity index (χ2v) is 6.53. The topological polar surface area (TPSA) is 83.1 Å². The molecule has 2 aromatic heterocycles. The van der Waals surface area contributed by atoms with Crippen LogP contribution in [0.5, 0.6) is 0 Å². The Balaban J connectivity index is 0.000000236. The normalized spacial score (nSPS) is 15.0. The van der Waals surface area contributed by atoms with Crippen molar-refractivity contribution in [2.24, 2.45) is 0 Å². The van der Waals surface area contributed by atoms with Gasteiger partial charge >= 0.3 is 0 Å². The number of aromatic nitrogens is 3. The fourth-order valence-electron chi connectivity index (χ4n) is 2.17. The Bertz CT molecular complexity index is 647. The monoisotopic (exact) mass is 339 g/mol. The first-order chi connectivity index (χ1) is 10.9. The molecule has 0 bridgehead atoms. The number of piperazine rings is 1. The van der Waals surface area contributed by atoms with Crippen LogP contribution in [-0.4, -0.2) is 53.2 Å². The minimum Gasteiger partial charge on any atom is -0.462 e. The second-order valence-electron chi connectivity index (χ2n) is 6.12. The van der Waals surface area contributed by atoms with Gasteiger partial charge in [-0.05, 0) is 20.8 Å². The maximum atomic E-state index is 9.60. The van der Waals surface area contributed by atoms with Gasteiger partial charge < -0.3 is 19.9 Å². The number of aromatic amines is 1. The van der Waals surface area contributed by atoms with Crippen molar-refractivity contribution in [3.05, 3.63) is 17.5 Å². The van der Waals surface area contributed by atoms with Crippen LogP contribution in [0.4, 0.5) is 5.82 Å². The van der Waals surface area contributed by atoms with Gasteiger partial charge in [-0.3, -0.25) is 4.79 Å². The summed E-state index contributed by atoms with van der Waals surface area (Å²) in [6, 6.07) is 0. The van der Waals surface area contributed by atoms with Crippen LogP contribution in [0.25, 0.3) is 11.0 Å². The maximum absolute atomic E-state index is 9.60. The summed E-state index contributed by atoms with van der Waals surface area (Å²) in [5, 5.41) is 4.92. The fourth-order valence-corrected chi connectivity index (χ4v) is 2.40. The summed E-state index contributed by atoms with van der Waals surface area (Å²) in [7, 11) is 0. The number of anilines is 1. The van der Waals surface area contributed by atoms with Crippen LogP contribution in [0.2, 0.25) is 5.02 Å². The third-order valence-electron chi connectivity index (χ3n) is 3.22. The van der Waals surface area contributed by atoms with E-state index in [1.165, 1.54) is 0 Å². The molecule has 126 valence electrons. The summed E-state index contributed by atoms with van der Waals surface area (Å²) < 4.78 is 4.55. The predicted octanol–water partition coefficient (Wildman–Crippen LogP) is 1.98. The van der Waals surface area contributed by atoms with E-state index in [9.17, 15) is 4.79 Å². The molecule has 0 aliphatic carbocycles. The first-order valence-electron chi connectivity index (χ1n) is 7.47. The molecule has 0 aromatic carbocycles. The molecule has 0 atom stereocenters. The third kappa shape index (κ3) is 4.80. The molecule has 1 aliphatic heterocycles. The lowest BCUT2D eigenvalue weighted by molar-refractivity contribution is -0.138. The Morgan fingerprint density at radius 1 is 1.30 bits per heavy atom. The van der Waals surface area contributed by atoms with Crippen LogP contribution < -0.4 is 10.2 Å². The Morgan fingerprint density at radius 2 is 2.00 bits per heavy atom. The maximum Gasteiger partial charge on any atom is 0.293 e. The van der Waals surface area contributed by atoms with Gasteiger partial charge in [0.1, 0.15) is 23.4 Å². The number of nitrogens with zero attached hydrogens (tertiary/aromatic N) is 3. The van der Waals surface area contributed by atoms with E-state index in [0.29, 0.717) is 11.5 Å². The number of carbonyl (C=O) groups excluding carboxylic acids is 1. The number of ether oxygens (including phenoxy) is 1. The Kier molecular flexibility index (Phi) is 5.79. The van der Waals surface area contributed by atoms with Gasteiger partial charge in [-0.2, -0.15) is 0 Å². The van der Waals surface area contributed by atoms with E-state index in [0.717, 1.165) is 43.0 Å². The molecule has 2 N–H and O–H groups in total. The van der Waals surface area contributed by atoms with E-state index in [4.69, 9.17) is 11.6 Å². The van der Waals surface area contributed by atoms with Crippen LogP contribution in [0, 0.1) is 0 Å². The Labute approximate surface area is 140 Å². The van der Waals surface area contributed by atoms with Crippen LogP contribution in [0.15, 0.2) is 12.5 Å². The van der Waals surface area contributed by atoms with Gasteiger partial charge in [-0.1, -0.05) is 11.6 Å². The zero-order valence-electron chi connectivity index (χ0n) is 13.6. The molecule has 1 fully saturated rings. The Morgan fingerprint density at radius 3 is 2.57 bits per heavy atom. The molecule has 1 aliphatic rings. The molecule has 0 saturated carbocycles. The number of H-pyrrole nitrogens is 1. The first-order valence-corrected chi connectivity index (χ1v) is 7.85. The summed E-state index contributed by atoms with van der Waals surface area (Å²) in [6.45, 7) is 9.78. The van der Waals surface area contributed by atoms with Crippen molar-refractivity contribution in [2.75, 3.05) is 31.1 Å². The highest BCUT2D eigenvalue weighted by molar-refractivity contribution is 6.36. The van der Waals surface area contributed by atoms with Crippen LogP contribution >= 0.6 is 11.6 Å². The molecule has 3 rings (SSSR count). The van der Waals surface area contributed by atoms with Crippen molar-refractivity contribution in [1.29, 1.82) is 0 Å². The minimum atomic E-state index is -0.318. The van der Waals surface area contributed by atoms with Crippen LogP contribution in [0.1, 0.15) is 20.8 Å². The summed E-state index contributed by atoms with van der Waals surface area (Å²) in [6.07, 6.45) is 3.33. The molecule has 8 heteroatoms. The quantitative estimate of drug-likeness (QED) is 0.814. The lowest BCUT2D eigenvalue weighted by Crippen LogP contribution is -2.44. The predicted molar refractivity (Wildman–Crippen MR) is 90.9 cm³/mol. The molecule has 2 aromatic rings. The van der Waals surface area contributed by atoms with Gasteiger partial charge in [0, 0.05) is 32.4 Å². The number of hydrogen-bond donors (Lipinski definition) is 2. The number of rotatable bonds is 2. The smallest absolute Gasteiger partial charge is 0.293 e. The lowest BCUT2D eigenvalue weighted by Gasteiger charge is -2.28. The Hall–Kier alpha value is -1.86. The van der Waals surface area contributed by atoms with Crippen molar-refractivity contribution >= 4 is 34.9 Å². The van der Waals surface area contributed by atoms with Gasteiger partial charge in [-0.25, -0.2) is 9.97 Å². The van der Waals surface area contributed by atoms with Gasteiger partial charge in [0.15, 0.2) is 0 Å². The van der Waals surface area contributed by atoms with Gasteiger partial charge in [0.25, 0.3) is 6.47 Å². The van der Waals surface area contributed by atoms with Crippen molar-refractivity contribution in [1.82, 2.24) is 20.3 Å². The highest BCUT2D eigenvalue weighted by Gasteiger charge is 2.17. The highest BCUT2D eigenvalue weighted by Crippen LogP contribution is 2.29. The van der Waals surface area contributed by atoms with Crippen molar-refractivity contribution < 1.29 is 9.53 Å². The summed E-state index contributed by atoms with van der Waals surface area (Å²) in [5.74, 6) is 0.928. The second kappa shape index (κ2) is 7.61. The number of hydrogen-bond acceptors (Lipinski definition) is 6. The van der Waals surface area contributed by atoms with Crippen molar-refractivity contribution in [3.63, 3.8) is 0 Å². The molecule has 3 heterocycles. The number of halogens is 1. The molecule has 23 heavy (non-hydrogen) atoms. The molecule has 0 spiro atoms. The number of fused-ring (bicyclic) bond motifs is 1. The van der Waals surface area contributed by atoms with Crippen LogP contribution in [0.3, 0.4) is 0 Å². The highest BCUT2D eigenvalue weighted by atomic mass is 35.5. The zero-order valence-corrected chi connectivity index (χ0v) is 14.4. The van der Waals surface area contributed by atoms with E-state index in [1.54, 1.807) is 12.5 Å². The number of carbonyl (C=O) groups is 1. The van der Waals surface area contributed by atoms with Crippen LogP contribution in [-0.2, 0) is 9.53 Å². The standard InChI is InChI=1S/C10H12ClN5.C5H10O2/c11-7-5-13-9-8(7)10(15-6-14-9)16-3-1-12-2-4-16;1-5(2,3)7-4-6/h5-6,12H,1-4H2,(H,13,14,15);4H,1-3H3. The lowest BCUT2D eigenvalue weighted by atomic mass is 10.2. The summed E-state index contributed by atoms with van der Waals surface area (Å²) in [5.41, 5.74) is 0.482. The van der Waals surface area contributed by atoms with E-state index < -0.39 is 0 Å². The zero-order chi connectivity index (χ0) is 16.9. The first kappa shape index (κ1) is 17.5. The molecular formula is C15H22ClN5O2. The summed E-state index contributed by atoms with van der Waals surface area (Å²) in [4.78, 5) is 23.4. The molecule has 7 nitrogen and oxygen atoms in total. The van der Waals surface area contributed by atoms with E-state index in [2.05, 4.69) is 29.9 Å². The molecule has 0 unspecified atom stereocenters. The van der Waals surface area contributed by atoms with Gasteiger partial charge in [0.2, 0.25) is 0 Å². The average Bonchev–Trinajstić information content (AvgIpc) is 2.89. The fraction of sp³-hybridized carbons (Fsp3) is 0.533. The molecule has 0 radical (unpaired) electrons. The van der Waals surface area contributed by atoms with Gasteiger partial charge in [-0.15, -0.1) is 0 Å². The van der Waals surface area contributed by atoms with E-state index in [-0.39, 0.29) is 5.60 Å².